The zero-order valence-corrected chi connectivity index (χ0v) is 8.23. The van der Waals surface area contributed by atoms with Gasteiger partial charge in [-0.15, -0.1) is 0 Å². The van der Waals surface area contributed by atoms with Crippen molar-refractivity contribution in [1.29, 1.82) is 5.26 Å². The minimum Gasteiger partial charge on any atom is -0.372 e. The van der Waals surface area contributed by atoms with E-state index in [0.29, 0.717) is 6.61 Å². The molecule has 2 unspecified atom stereocenters. The molecule has 2 heteroatoms. The summed E-state index contributed by atoms with van der Waals surface area (Å²) in [5.41, 5.74) is 2.37. The van der Waals surface area contributed by atoms with Crippen molar-refractivity contribution in [3.05, 3.63) is 35.4 Å². The predicted octanol–water partition coefficient (Wildman–Crippen LogP) is 2.60. The van der Waals surface area contributed by atoms with Crippen LogP contribution in [0.1, 0.15) is 23.7 Å². The van der Waals surface area contributed by atoms with Gasteiger partial charge < -0.3 is 4.74 Å². The Labute approximate surface area is 84.1 Å². The Hall–Kier alpha value is -1.33. The number of ether oxygens (including phenoxy) is 1. The van der Waals surface area contributed by atoms with E-state index in [0.717, 1.165) is 12.0 Å². The van der Waals surface area contributed by atoms with Crippen molar-refractivity contribution in [3.8, 4) is 6.07 Å². The molecular weight excluding hydrogens is 174 g/mol. The molecule has 1 aromatic carbocycles. The van der Waals surface area contributed by atoms with Gasteiger partial charge in [0.25, 0.3) is 0 Å². The van der Waals surface area contributed by atoms with E-state index < -0.39 is 0 Å². The average molecular weight is 187 g/mol. The van der Waals surface area contributed by atoms with E-state index in [4.69, 9.17) is 10.00 Å². The van der Waals surface area contributed by atoms with Gasteiger partial charge in [-0.3, -0.25) is 0 Å². The molecule has 1 saturated heterocycles. The summed E-state index contributed by atoms with van der Waals surface area (Å²) in [6.45, 7) is 2.77. The lowest BCUT2D eigenvalue weighted by atomic mass is 9.94. The van der Waals surface area contributed by atoms with Crippen LogP contribution in [0.5, 0.6) is 0 Å². The highest BCUT2D eigenvalue weighted by atomic mass is 16.5. The molecule has 1 fully saturated rings. The Bertz CT molecular complexity index is 367. The summed E-state index contributed by atoms with van der Waals surface area (Å²) in [4.78, 5) is 0. The molecule has 2 rings (SSSR count). The zero-order chi connectivity index (χ0) is 9.97. The van der Waals surface area contributed by atoms with Crippen LogP contribution in [0.25, 0.3) is 0 Å². The van der Waals surface area contributed by atoms with Crippen LogP contribution in [-0.2, 0) is 4.74 Å². The molecule has 0 radical (unpaired) electrons. The van der Waals surface area contributed by atoms with Gasteiger partial charge in [-0.2, -0.15) is 5.26 Å². The standard InChI is InChI=1S/C12H13NO/c1-9-4-2-3-5-11(9)12-10(8-13)6-7-14-12/h2-5,10,12H,6-7H2,1H3. The van der Waals surface area contributed by atoms with E-state index in [1.807, 2.05) is 12.1 Å². The maximum absolute atomic E-state index is 8.96. The predicted molar refractivity (Wildman–Crippen MR) is 53.6 cm³/mol. The molecule has 0 aliphatic carbocycles. The van der Waals surface area contributed by atoms with Crippen molar-refractivity contribution in [2.45, 2.75) is 19.4 Å². The van der Waals surface area contributed by atoms with Crippen LogP contribution >= 0.6 is 0 Å². The summed E-state index contributed by atoms with van der Waals surface area (Å²) >= 11 is 0. The minimum atomic E-state index is -0.0128. The molecule has 0 spiro atoms. The second-order valence-corrected chi connectivity index (χ2v) is 3.67. The molecule has 14 heavy (non-hydrogen) atoms. The van der Waals surface area contributed by atoms with Crippen LogP contribution in [0.3, 0.4) is 0 Å². The van der Waals surface area contributed by atoms with Crippen molar-refractivity contribution < 1.29 is 4.74 Å². The Kier molecular flexibility index (Phi) is 2.51. The Morgan fingerprint density at radius 1 is 1.43 bits per heavy atom. The number of aryl methyl sites for hydroxylation is 1. The fraction of sp³-hybridized carbons (Fsp3) is 0.417. The highest BCUT2D eigenvalue weighted by molar-refractivity contribution is 5.29. The Morgan fingerprint density at radius 2 is 2.21 bits per heavy atom. The van der Waals surface area contributed by atoms with Gasteiger partial charge in [-0.1, -0.05) is 24.3 Å². The lowest BCUT2D eigenvalue weighted by Crippen LogP contribution is -2.06. The monoisotopic (exact) mass is 187 g/mol. The molecule has 1 aliphatic rings. The third-order valence-electron chi connectivity index (χ3n) is 2.75. The van der Waals surface area contributed by atoms with Gasteiger partial charge in [-0.05, 0) is 24.5 Å². The van der Waals surface area contributed by atoms with Crippen LogP contribution in [0, 0.1) is 24.2 Å². The number of nitrogens with zero attached hydrogens (tertiary/aromatic N) is 1. The van der Waals surface area contributed by atoms with Crippen LogP contribution in [0.4, 0.5) is 0 Å². The Balaban J connectivity index is 2.31. The minimum absolute atomic E-state index is 0.0128. The van der Waals surface area contributed by atoms with E-state index in [-0.39, 0.29) is 12.0 Å². The first-order valence-electron chi connectivity index (χ1n) is 4.89. The summed E-state index contributed by atoms with van der Waals surface area (Å²) in [6.07, 6.45) is 0.844. The number of hydrogen-bond donors (Lipinski definition) is 0. The molecule has 2 nitrogen and oxygen atoms in total. The third kappa shape index (κ3) is 1.51. The average Bonchev–Trinajstić information content (AvgIpc) is 2.66. The van der Waals surface area contributed by atoms with E-state index in [9.17, 15) is 0 Å². The number of benzene rings is 1. The van der Waals surface area contributed by atoms with Crippen LogP contribution < -0.4 is 0 Å². The fourth-order valence-electron chi connectivity index (χ4n) is 1.93. The van der Waals surface area contributed by atoms with E-state index in [2.05, 4.69) is 25.1 Å². The molecule has 0 bridgehead atoms. The smallest absolute Gasteiger partial charge is 0.0986 e. The quantitative estimate of drug-likeness (QED) is 0.677. The van der Waals surface area contributed by atoms with Crippen molar-refractivity contribution in [1.82, 2.24) is 0 Å². The fourth-order valence-corrected chi connectivity index (χ4v) is 1.93. The summed E-state index contributed by atoms with van der Waals surface area (Å²) < 4.78 is 5.60. The van der Waals surface area contributed by atoms with E-state index in [1.165, 1.54) is 5.56 Å². The second-order valence-electron chi connectivity index (χ2n) is 3.67. The first-order valence-corrected chi connectivity index (χ1v) is 4.89. The Morgan fingerprint density at radius 3 is 2.93 bits per heavy atom. The van der Waals surface area contributed by atoms with Crippen LogP contribution in [-0.4, -0.2) is 6.61 Å². The van der Waals surface area contributed by atoms with Crippen molar-refractivity contribution in [2.24, 2.45) is 5.92 Å². The highest BCUT2D eigenvalue weighted by Crippen LogP contribution is 2.35. The normalized spacial score (nSPS) is 26.0. The summed E-state index contributed by atoms with van der Waals surface area (Å²) in [7, 11) is 0. The van der Waals surface area contributed by atoms with E-state index >= 15 is 0 Å². The molecule has 1 aliphatic heterocycles. The number of nitriles is 1. The van der Waals surface area contributed by atoms with Crippen LogP contribution in [0.2, 0.25) is 0 Å². The molecule has 0 aromatic heterocycles. The molecule has 0 amide bonds. The summed E-state index contributed by atoms with van der Waals surface area (Å²) in [5.74, 6) is 0.0242. The number of rotatable bonds is 1. The molecule has 2 atom stereocenters. The van der Waals surface area contributed by atoms with Crippen molar-refractivity contribution in [3.63, 3.8) is 0 Å². The van der Waals surface area contributed by atoms with Gasteiger partial charge in [0, 0.05) is 6.61 Å². The van der Waals surface area contributed by atoms with Gasteiger partial charge in [0.2, 0.25) is 0 Å². The molecule has 1 aromatic rings. The maximum Gasteiger partial charge on any atom is 0.0986 e. The van der Waals surface area contributed by atoms with Gasteiger partial charge >= 0.3 is 0 Å². The van der Waals surface area contributed by atoms with Crippen molar-refractivity contribution >= 4 is 0 Å². The van der Waals surface area contributed by atoms with Gasteiger partial charge in [0.1, 0.15) is 0 Å². The lowest BCUT2D eigenvalue weighted by molar-refractivity contribution is 0.100. The molecular formula is C12H13NO. The lowest BCUT2D eigenvalue weighted by Gasteiger charge is -2.15. The third-order valence-corrected chi connectivity index (χ3v) is 2.75. The largest absolute Gasteiger partial charge is 0.372 e. The van der Waals surface area contributed by atoms with Crippen LogP contribution in [0.15, 0.2) is 24.3 Å². The van der Waals surface area contributed by atoms with Gasteiger partial charge in [0.15, 0.2) is 0 Å². The second kappa shape index (κ2) is 3.81. The highest BCUT2D eigenvalue weighted by Gasteiger charge is 2.30. The van der Waals surface area contributed by atoms with E-state index in [1.54, 1.807) is 0 Å². The van der Waals surface area contributed by atoms with Crippen molar-refractivity contribution in [2.75, 3.05) is 6.61 Å². The summed E-state index contributed by atoms with van der Waals surface area (Å²) in [6, 6.07) is 10.4. The molecule has 1 heterocycles. The van der Waals surface area contributed by atoms with Gasteiger partial charge in [-0.25, -0.2) is 0 Å². The topological polar surface area (TPSA) is 33.0 Å². The SMILES string of the molecule is Cc1ccccc1C1OCCC1C#N. The molecule has 0 N–H and O–H groups in total. The first kappa shape index (κ1) is 9.23. The zero-order valence-electron chi connectivity index (χ0n) is 8.23. The molecule has 72 valence electrons. The van der Waals surface area contributed by atoms with Gasteiger partial charge in [0.05, 0.1) is 18.1 Å². The maximum atomic E-state index is 8.96. The first-order chi connectivity index (χ1) is 6.83. The number of hydrogen-bond acceptors (Lipinski definition) is 2. The molecule has 0 saturated carbocycles. The summed E-state index contributed by atoms with van der Waals surface area (Å²) in [5, 5.41) is 8.96.